The number of halogens is 1. The zero-order chi connectivity index (χ0) is 17.9. The molecule has 4 rings (SSSR count). The molecule has 6 nitrogen and oxygen atoms in total. The van der Waals surface area contributed by atoms with E-state index in [1.807, 2.05) is 0 Å². The van der Waals surface area contributed by atoms with Crippen molar-refractivity contribution in [2.75, 3.05) is 23.3 Å². The molecule has 2 heterocycles. The van der Waals surface area contributed by atoms with Crippen LogP contribution in [0.3, 0.4) is 0 Å². The molecule has 2 N–H and O–H groups in total. The van der Waals surface area contributed by atoms with Crippen molar-refractivity contribution in [2.45, 2.75) is 25.3 Å². The summed E-state index contributed by atoms with van der Waals surface area (Å²) in [6.45, 7) is 1.73. The van der Waals surface area contributed by atoms with Gasteiger partial charge in [0.1, 0.15) is 12.1 Å². The van der Waals surface area contributed by atoms with Gasteiger partial charge < -0.3 is 15.5 Å². The van der Waals surface area contributed by atoms with Gasteiger partial charge in [-0.25, -0.2) is 14.8 Å². The fourth-order valence-corrected chi connectivity index (χ4v) is 3.54. The monoisotopic (exact) mass is 369 g/mol. The van der Waals surface area contributed by atoms with Crippen LogP contribution >= 0.6 is 11.6 Å². The van der Waals surface area contributed by atoms with Gasteiger partial charge in [-0.15, -0.1) is 0 Å². The fourth-order valence-electron chi connectivity index (χ4n) is 3.42. The largest absolute Gasteiger partial charge is 0.356 e. The molecule has 2 aromatic rings. The quantitative estimate of drug-likeness (QED) is 0.868. The van der Waals surface area contributed by atoms with Gasteiger partial charge in [0, 0.05) is 41.8 Å². The summed E-state index contributed by atoms with van der Waals surface area (Å²) in [4.78, 5) is 23.3. The number of carbonyl (C=O) groups excluding carboxylic acids is 1. The Morgan fingerprint density at radius 3 is 2.69 bits per heavy atom. The first-order valence-corrected chi connectivity index (χ1v) is 9.15. The number of allylic oxidation sites excluding steroid dienone is 1. The Labute approximate surface area is 157 Å². The number of hydrogen-bond acceptors (Lipinski definition) is 4. The molecule has 0 atom stereocenters. The van der Waals surface area contributed by atoms with Crippen LogP contribution in [0.1, 0.15) is 24.1 Å². The van der Waals surface area contributed by atoms with E-state index in [0.717, 1.165) is 55.1 Å². The molecule has 7 heteroatoms. The second-order valence-electron chi connectivity index (χ2n) is 6.53. The number of carbonyl (C=O) groups is 1. The number of hydrogen-bond donors (Lipinski definition) is 2. The molecule has 0 bridgehead atoms. The minimum absolute atomic E-state index is 0.156. The zero-order valence-corrected chi connectivity index (χ0v) is 15.0. The molecule has 134 valence electrons. The van der Waals surface area contributed by atoms with Gasteiger partial charge in [0.15, 0.2) is 0 Å². The summed E-state index contributed by atoms with van der Waals surface area (Å²) in [5, 5.41) is 6.54. The maximum absolute atomic E-state index is 12.2. The van der Waals surface area contributed by atoms with Crippen molar-refractivity contribution in [3.05, 3.63) is 52.9 Å². The number of anilines is 2. The predicted octanol–water partition coefficient (Wildman–Crippen LogP) is 3.49. The van der Waals surface area contributed by atoms with E-state index in [1.165, 1.54) is 0 Å². The van der Waals surface area contributed by atoms with E-state index < -0.39 is 0 Å². The van der Waals surface area contributed by atoms with Gasteiger partial charge in [0.25, 0.3) is 0 Å². The maximum Gasteiger partial charge on any atom is 0.319 e. The SMILES string of the molecule is O=C(Nc1ccc(Cl)cc1)NC1CCN(c2ncnc3c2C=CC3)CC1. The molecular formula is C19H20ClN5O. The van der Waals surface area contributed by atoms with Gasteiger partial charge in [-0.2, -0.15) is 0 Å². The minimum Gasteiger partial charge on any atom is -0.356 e. The topological polar surface area (TPSA) is 70.2 Å². The van der Waals surface area contributed by atoms with E-state index in [2.05, 4.69) is 37.7 Å². The van der Waals surface area contributed by atoms with Crippen molar-refractivity contribution in [1.82, 2.24) is 15.3 Å². The van der Waals surface area contributed by atoms with E-state index in [0.29, 0.717) is 5.02 Å². The van der Waals surface area contributed by atoms with Crippen LogP contribution in [0, 0.1) is 0 Å². The van der Waals surface area contributed by atoms with E-state index in [9.17, 15) is 4.79 Å². The standard InChI is InChI=1S/C19H20ClN5O/c20-13-4-6-14(7-5-13)23-19(26)24-15-8-10-25(11-9-15)18-16-2-1-3-17(16)21-12-22-18/h1-2,4-7,12,15H,3,8-11H2,(H2,23,24,26). The molecule has 1 saturated heterocycles. The molecular weight excluding hydrogens is 350 g/mol. The predicted molar refractivity (Wildman–Crippen MR) is 104 cm³/mol. The highest BCUT2D eigenvalue weighted by molar-refractivity contribution is 6.30. The molecule has 0 radical (unpaired) electrons. The first-order valence-electron chi connectivity index (χ1n) is 8.77. The molecule has 2 amide bonds. The van der Waals surface area contributed by atoms with Crippen LogP contribution in [0.2, 0.25) is 5.02 Å². The number of piperidine rings is 1. The molecule has 0 unspecified atom stereocenters. The van der Waals surface area contributed by atoms with E-state index in [-0.39, 0.29) is 12.1 Å². The van der Waals surface area contributed by atoms with Crippen molar-refractivity contribution in [3.63, 3.8) is 0 Å². The van der Waals surface area contributed by atoms with Crippen LogP contribution in [0.5, 0.6) is 0 Å². The third-order valence-electron chi connectivity index (χ3n) is 4.77. The van der Waals surface area contributed by atoms with Crippen LogP contribution in [0.15, 0.2) is 36.7 Å². The summed E-state index contributed by atoms with van der Waals surface area (Å²) in [6, 6.07) is 7.05. The normalized spacial score (nSPS) is 16.4. The Bertz CT molecular complexity index is 828. The lowest BCUT2D eigenvalue weighted by molar-refractivity contribution is 0.246. The van der Waals surface area contributed by atoms with E-state index in [1.54, 1.807) is 30.6 Å². The van der Waals surface area contributed by atoms with Crippen LogP contribution in [0.25, 0.3) is 6.08 Å². The molecule has 1 aliphatic carbocycles. The highest BCUT2D eigenvalue weighted by Gasteiger charge is 2.24. The second kappa shape index (κ2) is 7.33. The number of amides is 2. The molecule has 1 aromatic heterocycles. The summed E-state index contributed by atoms with van der Waals surface area (Å²) >= 11 is 5.86. The zero-order valence-electron chi connectivity index (χ0n) is 14.3. The van der Waals surface area contributed by atoms with Gasteiger partial charge in [0.05, 0.1) is 5.69 Å². The molecule has 0 spiro atoms. The molecule has 2 aliphatic rings. The lowest BCUT2D eigenvalue weighted by atomic mass is 10.0. The Balaban J connectivity index is 1.31. The molecule has 1 aliphatic heterocycles. The van der Waals surface area contributed by atoms with Crippen molar-refractivity contribution in [2.24, 2.45) is 0 Å². The molecule has 26 heavy (non-hydrogen) atoms. The number of nitrogens with one attached hydrogen (secondary N) is 2. The number of benzene rings is 1. The molecule has 0 saturated carbocycles. The third-order valence-corrected chi connectivity index (χ3v) is 5.02. The first-order chi connectivity index (χ1) is 12.7. The minimum atomic E-state index is -0.184. The van der Waals surface area contributed by atoms with Crippen LogP contribution in [-0.4, -0.2) is 35.1 Å². The van der Waals surface area contributed by atoms with E-state index in [4.69, 9.17) is 11.6 Å². The summed E-state index contributed by atoms with van der Waals surface area (Å²) in [5.74, 6) is 1.01. The van der Waals surface area contributed by atoms with Crippen molar-refractivity contribution < 1.29 is 4.79 Å². The van der Waals surface area contributed by atoms with E-state index >= 15 is 0 Å². The summed E-state index contributed by atoms with van der Waals surface area (Å²) in [5.41, 5.74) is 2.96. The van der Waals surface area contributed by atoms with Gasteiger partial charge >= 0.3 is 6.03 Å². The average Bonchev–Trinajstić information content (AvgIpc) is 3.13. The smallest absolute Gasteiger partial charge is 0.319 e. The maximum atomic E-state index is 12.2. The van der Waals surface area contributed by atoms with Crippen molar-refractivity contribution in [1.29, 1.82) is 0 Å². The second-order valence-corrected chi connectivity index (χ2v) is 6.97. The Hall–Kier alpha value is -2.60. The van der Waals surface area contributed by atoms with Crippen molar-refractivity contribution in [3.8, 4) is 0 Å². The molecule has 1 aromatic carbocycles. The number of nitrogens with zero attached hydrogens (tertiary/aromatic N) is 3. The summed E-state index contributed by atoms with van der Waals surface area (Å²) < 4.78 is 0. The lowest BCUT2D eigenvalue weighted by Gasteiger charge is -2.33. The molecule has 1 fully saturated rings. The van der Waals surface area contributed by atoms with Crippen LogP contribution in [0.4, 0.5) is 16.3 Å². The van der Waals surface area contributed by atoms with Crippen molar-refractivity contribution >= 4 is 35.2 Å². The number of aromatic nitrogens is 2. The fraction of sp³-hybridized carbons (Fsp3) is 0.316. The third kappa shape index (κ3) is 3.65. The van der Waals surface area contributed by atoms with Gasteiger partial charge in [0.2, 0.25) is 0 Å². The van der Waals surface area contributed by atoms with Crippen LogP contribution < -0.4 is 15.5 Å². The number of fused-ring (bicyclic) bond motifs is 1. The number of rotatable bonds is 3. The summed E-state index contributed by atoms with van der Waals surface area (Å²) in [6.07, 6.45) is 8.53. The highest BCUT2D eigenvalue weighted by atomic mass is 35.5. The Morgan fingerprint density at radius 1 is 1.15 bits per heavy atom. The summed E-state index contributed by atoms with van der Waals surface area (Å²) in [7, 11) is 0. The first kappa shape index (κ1) is 16.8. The Kier molecular flexibility index (Phi) is 4.75. The Morgan fingerprint density at radius 2 is 1.92 bits per heavy atom. The van der Waals surface area contributed by atoms with Gasteiger partial charge in [-0.1, -0.05) is 23.8 Å². The number of urea groups is 1. The van der Waals surface area contributed by atoms with Crippen LogP contribution in [-0.2, 0) is 6.42 Å². The van der Waals surface area contributed by atoms with Gasteiger partial charge in [-0.05, 0) is 37.1 Å². The van der Waals surface area contributed by atoms with Gasteiger partial charge in [-0.3, -0.25) is 0 Å². The highest BCUT2D eigenvalue weighted by Crippen LogP contribution is 2.28. The average molecular weight is 370 g/mol. The lowest BCUT2D eigenvalue weighted by Crippen LogP contribution is -2.46.